The standard InChI is InChI=1S/C20H30N4O3/c1-12(2)15-9-17(27-6)16(26-5)8-13(15)7-14-10-22-19(24-18(14)21)23-11-20(3,4)25/h8-10,12,25H,7,11H2,1-6H3,(H3,21,22,23,24). The number of aromatic nitrogens is 2. The van der Waals surface area contributed by atoms with Crippen LogP contribution >= 0.6 is 0 Å². The van der Waals surface area contributed by atoms with Gasteiger partial charge < -0.3 is 25.6 Å². The van der Waals surface area contributed by atoms with Gasteiger partial charge in [0.05, 0.1) is 19.8 Å². The fourth-order valence-electron chi connectivity index (χ4n) is 2.77. The normalized spacial score (nSPS) is 11.6. The molecule has 0 aliphatic carbocycles. The summed E-state index contributed by atoms with van der Waals surface area (Å²) in [6, 6.07) is 3.99. The summed E-state index contributed by atoms with van der Waals surface area (Å²) >= 11 is 0. The van der Waals surface area contributed by atoms with Crippen LogP contribution in [0.2, 0.25) is 0 Å². The molecule has 0 spiro atoms. The molecular formula is C20H30N4O3. The minimum Gasteiger partial charge on any atom is -0.493 e. The van der Waals surface area contributed by atoms with Gasteiger partial charge in [0.2, 0.25) is 5.95 Å². The first kappa shape index (κ1) is 20.8. The lowest BCUT2D eigenvalue weighted by molar-refractivity contribution is 0.0943. The predicted molar refractivity (Wildman–Crippen MR) is 108 cm³/mol. The number of nitrogens with zero attached hydrogens (tertiary/aromatic N) is 2. The van der Waals surface area contributed by atoms with Crippen LogP contribution in [0.25, 0.3) is 0 Å². The Balaban J connectivity index is 2.30. The molecule has 4 N–H and O–H groups in total. The van der Waals surface area contributed by atoms with Gasteiger partial charge in [-0.25, -0.2) is 4.98 Å². The number of hydrogen-bond donors (Lipinski definition) is 3. The van der Waals surface area contributed by atoms with E-state index >= 15 is 0 Å². The maximum absolute atomic E-state index is 9.80. The molecule has 2 aromatic rings. The summed E-state index contributed by atoms with van der Waals surface area (Å²) in [5.74, 6) is 2.51. The van der Waals surface area contributed by atoms with Crippen LogP contribution in [0, 0.1) is 0 Å². The average Bonchev–Trinajstić information content (AvgIpc) is 2.60. The highest BCUT2D eigenvalue weighted by Gasteiger charge is 2.17. The zero-order chi connectivity index (χ0) is 20.2. The zero-order valence-electron chi connectivity index (χ0n) is 17.0. The van der Waals surface area contributed by atoms with Crippen LogP contribution in [0.5, 0.6) is 11.5 Å². The molecule has 7 heteroatoms. The second-order valence-electron chi connectivity index (χ2n) is 7.51. The molecule has 1 aromatic heterocycles. The van der Waals surface area contributed by atoms with Crippen LogP contribution in [0.4, 0.5) is 11.8 Å². The third-order valence-electron chi connectivity index (χ3n) is 4.23. The van der Waals surface area contributed by atoms with Crippen molar-refractivity contribution in [2.75, 3.05) is 31.8 Å². The van der Waals surface area contributed by atoms with Crippen LogP contribution in [-0.4, -0.2) is 41.4 Å². The Labute approximate surface area is 160 Å². The molecule has 1 heterocycles. The first-order valence-electron chi connectivity index (χ1n) is 8.97. The number of ether oxygens (including phenoxy) is 2. The van der Waals surface area contributed by atoms with Crippen LogP contribution < -0.4 is 20.5 Å². The number of nitrogens with one attached hydrogen (secondary N) is 1. The van der Waals surface area contributed by atoms with Gasteiger partial charge in [-0.15, -0.1) is 0 Å². The van der Waals surface area contributed by atoms with Gasteiger partial charge in [-0.2, -0.15) is 4.98 Å². The maximum Gasteiger partial charge on any atom is 0.224 e. The van der Waals surface area contributed by atoms with Crippen molar-refractivity contribution in [2.45, 2.75) is 45.6 Å². The number of rotatable bonds is 8. The molecule has 0 aliphatic rings. The van der Waals surface area contributed by atoms with Crippen molar-refractivity contribution in [2.24, 2.45) is 0 Å². The quantitative estimate of drug-likeness (QED) is 0.653. The number of nitrogen functional groups attached to an aromatic ring is 1. The average molecular weight is 374 g/mol. The van der Waals surface area contributed by atoms with E-state index in [9.17, 15) is 5.11 Å². The summed E-state index contributed by atoms with van der Waals surface area (Å²) in [5.41, 5.74) is 8.38. The third-order valence-corrected chi connectivity index (χ3v) is 4.23. The SMILES string of the molecule is COc1cc(Cc2cnc(NCC(C)(C)O)nc2N)c(C(C)C)cc1OC. The van der Waals surface area contributed by atoms with E-state index in [-0.39, 0.29) is 0 Å². The van der Waals surface area contributed by atoms with Gasteiger partial charge in [-0.05, 0) is 43.0 Å². The van der Waals surface area contributed by atoms with E-state index < -0.39 is 5.60 Å². The molecule has 0 radical (unpaired) electrons. The summed E-state index contributed by atoms with van der Waals surface area (Å²) in [6.07, 6.45) is 2.31. The molecule has 0 atom stereocenters. The fourth-order valence-corrected chi connectivity index (χ4v) is 2.77. The van der Waals surface area contributed by atoms with Crippen LogP contribution in [0.1, 0.15) is 50.3 Å². The predicted octanol–water partition coefficient (Wildman–Crippen LogP) is 2.97. The molecule has 0 aliphatic heterocycles. The van der Waals surface area contributed by atoms with Gasteiger partial charge in [0.15, 0.2) is 11.5 Å². The Hall–Kier alpha value is -2.54. The Morgan fingerprint density at radius 2 is 1.78 bits per heavy atom. The molecule has 148 valence electrons. The highest BCUT2D eigenvalue weighted by Crippen LogP contribution is 2.35. The minimum absolute atomic E-state index is 0.315. The van der Waals surface area contributed by atoms with Crippen LogP contribution in [0.15, 0.2) is 18.3 Å². The number of benzene rings is 1. The number of nitrogens with two attached hydrogens (primary N) is 1. The number of hydrogen-bond acceptors (Lipinski definition) is 7. The molecule has 27 heavy (non-hydrogen) atoms. The molecule has 0 fully saturated rings. The second kappa shape index (κ2) is 8.43. The highest BCUT2D eigenvalue weighted by molar-refractivity contribution is 5.52. The summed E-state index contributed by atoms with van der Waals surface area (Å²) in [6.45, 7) is 8.02. The molecule has 0 saturated heterocycles. The topological polar surface area (TPSA) is 103 Å². The zero-order valence-corrected chi connectivity index (χ0v) is 17.0. The van der Waals surface area contributed by atoms with Gasteiger partial charge in [-0.3, -0.25) is 0 Å². The first-order valence-corrected chi connectivity index (χ1v) is 8.97. The fraction of sp³-hybridized carbons (Fsp3) is 0.500. The third kappa shape index (κ3) is 5.47. The molecule has 1 aromatic carbocycles. The molecule has 0 bridgehead atoms. The molecule has 2 rings (SSSR count). The van der Waals surface area contributed by atoms with E-state index in [0.29, 0.717) is 42.1 Å². The van der Waals surface area contributed by atoms with E-state index in [1.807, 2.05) is 12.1 Å². The minimum atomic E-state index is -0.859. The van der Waals surface area contributed by atoms with Crippen molar-refractivity contribution in [3.63, 3.8) is 0 Å². The van der Waals surface area contributed by atoms with Gasteiger partial charge in [-0.1, -0.05) is 13.8 Å². The van der Waals surface area contributed by atoms with E-state index in [2.05, 4.69) is 29.1 Å². The molecule has 0 amide bonds. The van der Waals surface area contributed by atoms with E-state index in [0.717, 1.165) is 16.7 Å². The number of aliphatic hydroxyl groups is 1. The summed E-state index contributed by atoms with van der Waals surface area (Å²) < 4.78 is 10.9. The van der Waals surface area contributed by atoms with Crippen molar-refractivity contribution in [3.05, 3.63) is 35.0 Å². The van der Waals surface area contributed by atoms with E-state index in [1.54, 1.807) is 34.3 Å². The first-order chi connectivity index (χ1) is 12.6. The summed E-state index contributed by atoms with van der Waals surface area (Å²) in [4.78, 5) is 8.63. The lowest BCUT2D eigenvalue weighted by atomic mass is 9.92. The van der Waals surface area contributed by atoms with Crippen molar-refractivity contribution in [3.8, 4) is 11.5 Å². The largest absolute Gasteiger partial charge is 0.493 e. The number of methoxy groups -OCH3 is 2. The summed E-state index contributed by atoms with van der Waals surface area (Å²) in [5, 5.41) is 12.8. The maximum atomic E-state index is 9.80. The monoisotopic (exact) mass is 374 g/mol. The van der Waals surface area contributed by atoms with Gasteiger partial charge in [0, 0.05) is 24.7 Å². The van der Waals surface area contributed by atoms with E-state index in [1.165, 1.54) is 0 Å². The van der Waals surface area contributed by atoms with Gasteiger partial charge >= 0.3 is 0 Å². The van der Waals surface area contributed by atoms with Crippen LogP contribution in [-0.2, 0) is 6.42 Å². The lowest BCUT2D eigenvalue weighted by Crippen LogP contribution is -2.30. The van der Waals surface area contributed by atoms with Gasteiger partial charge in [0.25, 0.3) is 0 Å². The Morgan fingerprint density at radius 3 is 2.30 bits per heavy atom. The Kier molecular flexibility index (Phi) is 6.49. The molecular weight excluding hydrogens is 344 g/mol. The Morgan fingerprint density at radius 1 is 1.15 bits per heavy atom. The number of anilines is 2. The van der Waals surface area contributed by atoms with Crippen molar-refractivity contribution < 1.29 is 14.6 Å². The molecule has 0 saturated carbocycles. The van der Waals surface area contributed by atoms with Crippen molar-refractivity contribution >= 4 is 11.8 Å². The van der Waals surface area contributed by atoms with E-state index in [4.69, 9.17) is 15.2 Å². The van der Waals surface area contributed by atoms with Crippen molar-refractivity contribution in [1.82, 2.24) is 9.97 Å². The summed E-state index contributed by atoms with van der Waals surface area (Å²) in [7, 11) is 3.25. The highest BCUT2D eigenvalue weighted by atomic mass is 16.5. The van der Waals surface area contributed by atoms with Gasteiger partial charge in [0.1, 0.15) is 5.82 Å². The Bertz CT molecular complexity index is 786. The second-order valence-corrected chi connectivity index (χ2v) is 7.51. The lowest BCUT2D eigenvalue weighted by Gasteiger charge is -2.19. The molecule has 7 nitrogen and oxygen atoms in total. The van der Waals surface area contributed by atoms with Crippen LogP contribution in [0.3, 0.4) is 0 Å². The van der Waals surface area contributed by atoms with Crippen molar-refractivity contribution in [1.29, 1.82) is 0 Å². The smallest absolute Gasteiger partial charge is 0.224 e. The molecule has 0 unspecified atom stereocenters.